The monoisotopic (exact) mass is 747 g/mol. The van der Waals surface area contributed by atoms with Crippen LogP contribution in [0.1, 0.15) is 80.9 Å². The fourth-order valence-electron chi connectivity index (χ4n) is 8.42. The van der Waals surface area contributed by atoms with E-state index in [0.29, 0.717) is 44.3 Å². The van der Waals surface area contributed by atoms with Crippen LogP contribution in [0.3, 0.4) is 0 Å². The van der Waals surface area contributed by atoms with Gasteiger partial charge >= 0.3 is 18.2 Å². The first-order valence-electron chi connectivity index (χ1n) is 18.5. The molecule has 0 bridgehead atoms. The molecular formula is C38H49ClF3N5O5. The van der Waals surface area contributed by atoms with E-state index in [-0.39, 0.29) is 23.4 Å². The molecule has 0 unspecified atom stereocenters. The van der Waals surface area contributed by atoms with Crippen LogP contribution in [0, 0.1) is 5.92 Å². The second-order valence-corrected chi connectivity index (χ2v) is 15.3. The Morgan fingerprint density at radius 1 is 1.06 bits per heavy atom. The van der Waals surface area contributed by atoms with Gasteiger partial charge in [-0.15, -0.1) is 0 Å². The molecule has 0 radical (unpaired) electrons. The summed E-state index contributed by atoms with van der Waals surface area (Å²) in [4.78, 5) is 46.0. The average molecular weight is 748 g/mol. The quantitative estimate of drug-likeness (QED) is 0.212. The highest BCUT2D eigenvalue weighted by Gasteiger charge is 2.44. The number of alkyl halides is 3. The molecule has 52 heavy (non-hydrogen) atoms. The molecule has 284 valence electrons. The smallest absolute Gasteiger partial charge is 0.418 e. The van der Waals surface area contributed by atoms with E-state index in [2.05, 4.69) is 22.2 Å². The van der Waals surface area contributed by atoms with E-state index in [1.807, 2.05) is 24.3 Å². The van der Waals surface area contributed by atoms with Crippen LogP contribution in [0.15, 0.2) is 36.4 Å². The number of piperidine rings is 1. The first kappa shape index (κ1) is 38.2. The maximum absolute atomic E-state index is 13.9. The van der Waals surface area contributed by atoms with Crippen LogP contribution < -0.4 is 11.1 Å². The molecule has 0 aromatic heterocycles. The van der Waals surface area contributed by atoms with Crippen molar-refractivity contribution in [1.82, 2.24) is 14.7 Å². The number of nitrogen functional groups attached to an aromatic ring is 1. The molecule has 3 N–H and O–H groups in total. The van der Waals surface area contributed by atoms with Crippen molar-refractivity contribution in [3.63, 3.8) is 0 Å². The molecule has 3 aliphatic heterocycles. The number of para-hydroxylation sites is 1. The predicted molar refractivity (Wildman–Crippen MR) is 192 cm³/mol. The maximum atomic E-state index is 13.9. The van der Waals surface area contributed by atoms with Crippen molar-refractivity contribution in [1.29, 1.82) is 0 Å². The molecule has 4 aliphatic rings. The molecule has 2 aromatic carbocycles. The molecule has 3 heterocycles. The number of nitrogens with two attached hydrogens (primary N) is 1. The van der Waals surface area contributed by atoms with Crippen molar-refractivity contribution in [2.75, 3.05) is 57.4 Å². The van der Waals surface area contributed by atoms with Gasteiger partial charge in [-0.3, -0.25) is 19.8 Å². The number of likely N-dealkylation sites (tertiary alicyclic amines) is 1. The van der Waals surface area contributed by atoms with E-state index >= 15 is 0 Å². The molecule has 10 nitrogen and oxygen atoms in total. The Morgan fingerprint density at radius 2 is 1.79 bits per heavy atom. The number of esters is 1. The lowest BCUT2D eigenvalue weighted by atomic mass is 9.73. The number of nitrogens with zero attached hydrogens (tertiary/aromatic N) is 3. The lowest BCUT2D eigenvalue weighted by molar-refractivity contribution is -0.161. The van der Waals surface area contributed by atoms with Crippen LogP contribution in [0.2, 0.25) is 5.02 Å². The van der Waals surface area contributed by atoms with Crippen molar-refractivity contribution in [3.05, 3.63) is 58.1 Å². The van der Waals surface area contributed by atoms with Crippen LogP contribution >= 0.6 is 11.6 Å². The van der Waals surface area contributed by atoms with Gasteiger partial charge in [-0.2, -0.15) is 13.2 Å². The number of rotatable bonds is 9. The van der Waals surface area contributed by atoms with Crippen molar-refractivity contribution in [2.45, 2.75) is 94.6 Å². The van der Waals surface area contributed by atoms with Gasteiger partial charge in [-0.05, 0) is 108 Å². The van der Waals surface area contributed by atoms with Gasteiger partial charge in [0.05, 0.1) is 22.0 Å². The van der Waals surface area contributed by atoms with Crippen LogP contribution in [0.5, 0.6) is 0 Å². The minimum absolute atomic E-state index is 0.0644. The third-order valence-electron chi connectivity index (χ3n) is 11.4. The van der Waals surface area contributed by atoms with Gasteiger partial charge < -0.3 is 25.0 Å². The fourth-order valence-corrected chi connectivity index (χ4v) is 8.66. The Hall–Kier alpha value is -3.55. The zero-order valence-electron chi connectivity index (χ0n) is 29.7. The van der Waals surface area contributed by atoms with Gasteiger partial charge in [0.2, 0.25) is 0 Å². The van der Waals surface area contributed by atoms with Crippen molar-refractivity contribution < 1.29 is 37.0 Å². The molecule has 1 atom stereocenters. The number of fused-ring (bicyclic) bond motifs is 2. The average Bonchev–Trinajstić information content (AvgIpc) is 3.33. The van der Waals surface area contributed by atoms with Gasteiger partial charge in [-0.1, -0.05) is 29.8 Å². The number of benzene rings is 2. The summed E-state index contributed by atoms with van der Waals surface area (Å²) in [5.41, 5.74) is 5.19. The molecular weight excluding hydrogens is 699 g/mol. The van der Waals surface area contributed by atoms with E-state index < -0.39 is 47.1 Å². The number of anilines is 2. The van der Waals surface area contributed by atoms with Gasteiger partial charge in [0.15, 0.2) is 6.10 Å². The largest absolute Gasteiger partial charge is 0.452 e. The molecule has 3 fully saturated rings. The van der Waals surface area contributed by atoms with Gasteiger partial charge in [0.1, 0.15) is 5.60 Å². The number of nitrogens with one attached hydrogen (secondary N) is 1. The SMILES string of the molecule is CN1CCCN(C2CCN(C(=O)[C@@H](Cc3cc(Cl)c(N)c(C(F)(F)F)c3)OC(=O)CCCC3CCC4(CC3)OC(=O)Nc3ccccc34)CC2)CC1. The lowest BCUT2D eigenvalue weighted by Crippen LogP contribution is -2.50. The summed E-state index contributed by atoms with van der Waals surface area (Å²) in [6.45, 7) is 4.96. The fraction of sp³-hybridized carbons (Fsp3) is 0.605. The minimum atomic E-state index is -4.75. The zero-order chi connectivity index (χ0) is 37.0. The third-order valence-corrected chi connectivity index (χ3v) is 11.7. The number of hydrogen-bond donors (Lipinski definition) is 2. The van der Waals surface area contributed by atoms with E-state index in [1.165, 1.54) is 6.07 Å². The van der Waals surface area contributed by atoms with Crippen molar-refractivity contribution in [2.24, 2.45) is 5.92 Å². The Morgan fingerprint density at radius 3 is 2.52 bits per heavy atom. The zero-order valence-corrected chi connectivity index (χ0v) is 30.4. The minimum Gasteiger partial charge on any atom is -0.452 e. The highest BCUT2D eigenvalue weighted by Crippen LogP contribution is 2.48. The third kappa shape index (κ3) is 8.97. The maximum Gasteiger partial charge on any atom is 0.418 e. The molecule has 1 spiro atoms. The van der Waals surface area contributed by atoms with Gasteiger partial charge in [0, 0.05) is 50.6 Å². The topological polar surface area (TPSA) is 117 Å². The number of carbonyl (C=O) groups excluding carboxylic acids is 3. The molecule has 2 amide bonds. The summed E-state index contributed by atoms with van der Waals surface area (Å²) >= 11 is 6.11. The number of carbonyl (C=O) groups is 3. The standard InChI is InChI=1S/C38H49ClF3N5O5/c1-45-16-5-17-46(21-20-45)27-12-18-47(19-13-27)35(49)32(24-26-22-29(38(40,41)42)34(43)30(39)23-26)51-33(48)9-4-6-25-10-14-37(15-11-25)28-7-2-3-8-31(28)44-36(50)52-37/h2-3,7-8,22-23,25,27,32H,4-6,9-21,24,43H2,1H3,(H,44,50)/t25?,32-,37?/m1/s1. The van der Waals surface area contributed by atoms with E-state index in [0.717, 1.165) is 82.0 Å². The van der Waals surface area contributed by atoms with Gasteiger partial charge in [0.25, 0.3) is 5.91 Å². The molecule has 1 aliphatic carbocycles. The second kappa shape index (κ2) is 16.2. The van der Waals surface area contributed by atoms with Crippen LogP contribution in [0.25, 0.3) is 0 Å². The summed E-state index contributed by atoms with van der Waals surface area (Å²) in [7, 11) is 2.12. The summed E-state index contributed by atoms with van der Waals surface area (Å²) in [5.74, 6) is -0.675. The van der Waals surface area contributed by atoms with Gasteiger partial charge in [-0.25, -0.2) is 4.79 Å². The summed E-state index contributed by atoms with van der Waals surface area (Å²) in [6, 6.07) is 10.2. The molecule has 2 aromatic rings. The van der Waals surface area contributed by atoms with Crippen molar-refractivity contribution >= 4 is 40.9 Å². The summed E-state index contributed by atoms with van der Waals surface area (Å²) in [5, 5.41) is 2.50. The number of amides is 2. The number of halogens is 4. The number of hydrogen-bond acceptors (Lipinski definition) is 8. The Kier molecular flexibility index (Phi) is 11.9. The first-order chi connectivity index (χ1) is 24.8. The first-order valence-corrected chi connectivity index (χ1v) is 18.8. The molecule has 14 heteroatoms. The number of ether oxygens (including phenoxy) is 2. The van der Waals surface area contributed by atoms with E-state index in [4.69, 9.17) is 26.8 Å². The van der Waals surface area contributed by atoms with Crippen molar-refractivity contribution in [3.8, 4) is 0 Å². The molecule has 6 rings (SSSR count). The normalized spacial score (nSPS) is 24.1. The Labute approximate surface area is 308 Å². The Balaban J connectivity index is 1.07. The Bertz CT molecular complexity index is 1610. The lowest BCUT2D eigenvalue weighted by Gasteiger charge is -2.43. The van der Waals surface area contributed by atoms with Crippen LogP contribution in [-0.4, -0.2) is 91.1 Å². The molecule has 1 saturated carbocycles. The highest BCUT2D eigenvalue weighted by molar-refractivity contribution is 6.33. The van der Waals surface area contributed by atoms with Crippen LogP contribution in [-0.2, 0) is 37.3 Å². The summed E-state index contributed by atoms with van der Waals surface area (Å²) in [6.07, 6.45) is 0.203. The van der Waals surface area contributed by atoms with E-state index in [1.54, 1.807) is 4.90 Å². The van der Waals surface area contributed by atoms with E-state index in [9.17, 15) is 27.6 Å². The second-order valence-electron chi connectivity index (χ2n) is 14.9. The summed E-state index contributed by atoms with van der Waals surface area (Å²) < 4.78 is 53.0. The van der Waals surface area contributed by atoms with Crippen LogP contribution in [0.4, 0.5) is 29.3 Å². The predicted octanol–water partition coefficient (Wildman–Crippen LogP) is 6.84. The number of likely N-dealkylation sites (N-methyl/N-ethyl adjacent to an activating group) is 1. The highest BCUT2D eigenvalue weighted by atomic mass is 35.5. The molecule has 2 saturated heterocycles.